The van der Waals surface area contributed by atoms with Gasteiger partial charge in [-0.1, -0.05) is 18.2 Å². The van der Waals surface area contributed by atoms with Gasteiger partial charge in [0, 0.05) is 49.9 Å². The van der Waals surface area contributed by atoms with E-state index in [4.69, 9.17) is 21.1 Å². The number of nitrogens with zero attached hydrogens (tertiary/aromatic N) is 6. The van der Waals surface area contributed by atoms with Crippen molar-refractivity contribution in [3.63, 3.8) is 0 Å². The molecule has 3 heterocycles. The second-order valence-electron chi connectivity index (χ2n) is 11.9. The molecule has 0 spiro atoms. The molecule has 0 bridgehead atoms. The highest BCUT2D eigenvalue weighted by molar-refractivity contribution is 6.16. The summed E-state index contributed by atoms with van der Waals surface area (Å²) in [4.78, 5) is 25.9. The van der Waals surface area contributed by atoms with Crippen LogP contribution in [0.5, 0.6) is 11.5 Å². The molecule has 0 amide bonds. The van der Waals surface area contributed by atoms with Crippen LogP contribution in [0.3, 0.4) is 0 Å². The number of ether oxygens (including phenoxy) is 1. The molecule has 4 N–H and O–H groups in total. The van der Waals surface area contributed by atoms with Gasteiger partial charge in [0.1, 0.15) is 35.5 Å². The lowest BCUT2D eigenvalue weighted by molar-refractivity contribution is -0.104. The summed E-state index contributed by atoms with van der Waals surface area (Å²) in [5.74, 6) is 2.35. The van der Waals surface area contributed by atoms with E-state index < -0.39 is 0 Å². The summed E-state index contributed by atoms with van der Waals surface area (Å²) in [7, 11) is 4.21. The fourth-order valence-electron chi connectivity index (χ4n) is 5.23. The number of carbonyl (C=O) groups is 1. The van der Waals surface area contributed by atoms with Gasteiger partial charge >= 0.3 is 0 Å². The fourth-order valence-corrected chi connectivity index (χ4v) is 5.23. The van der Waals surface area contributed by atoms with E-state index in [0.29, 0.717) is 35.3 Å². The largest absolute Gasteiger partial charge is 0.457 e. The zero-order valence-corrected chi connectivity index (χ0v) is 26.5. The number of nitrogens with one attached hydrogen (secondary N) is 2. The molecule has 2 aromatic carbocycles. The maximum Gasteiger partial charge on any atom is 0.160 e. The lowest BCUT2D eigenvalue weighted by atomic mass is 9.98. The van der Waals surface area contributed by atoms with Gasteiger partial charge in [-0.3, -0.25) is 15.1 Å². The van der Waals surface area contributed by atoms with E-state index in [1.807, 2.05) is 74.5 Å². The minimum absolute atomic E-state index is 0.212. The Morgan fingerprint density at radius 3 is 2.31 bits per heavy atom. The van der Waals surface area contributed by atoms with Crippen LogP contribution < -0.4 is 15.8 Å². The summed E-state index contributed by atoms with van der Waals surface area (Å²) in [5, 5.41) is 20.8. The van der Waals surface area contributed by atoms with Crippen LogP contribution in [0, 0.1) is 16.7 Å². The van der Waals surface area contributed by atoms with Gasteiger partial charge in [-0.15, -0.1) is 0 Å². The topological polar surface area (TPSA) is 147 Å². The van der Waals surface area contributed by atoms with E-state index in [1.54, 1.807) is 6.08 Å². The van der Waals surface area contributed by atoms with Gasteiger partial charge in [-0.2, -0.15) is 5.26 Å². The Morgan fingerprint density at radius 1 is 1.07 bits per heavy atom. The minimum atomic E-state index is -0.229. The van der Waals surface area contributed by atoms with Crippen molar-refractivity contribution >= 4 is 23.6 Å². The third-order valence-corrected chi connectivity index (χ3v) is 8.28. The first kappa shape index (κ1) is 33.3. The lowest BCUT2D eigenvalue weighted by Gasteiger charge is -2.41. The molecule has 1 atom stereocenters. The van der Waals surface area contributed by atoms with Gasteiger partial charge in [0.15, 0.2) is 6.29 Å². The Kier molecular flexibility index (Phi) is 11.4. The van der Waals surface area contributed by atoms with Crippen LogP contribution in [-0.4, -0.2) is 102 Å². The molecule has 0 radical (unpaired) electrons. The quantitative estimate of drug-likeness (QED) is 0.133. The number of anilines is 2. The van der Waals surface area contributed by atoms with Crippen LogP contribution in [0.2, 0.25) is 0 Å². The zero-order valence-electron chi connectivity index (χ0n) is 26.5. The van der Waals surface area contributed by atoms with Crippen molar-refractivity contribution in [1.82, 2.24) is 24.7 Å². The predicted molar refractivity (Wildman–Crippen MR) is 178 cm³/mol. The van der Waals surface area contributed by atoms with Crippen LogP contribution in [0.4, 0.5) is 11.6 Å². The number of aromatic nitrogens is 2. The van der Waals surface area contributed by atoms with Crippen molar-refractivity contribution in [3.8, 4) is 17.6 Å². The molecule has 3 aromatic rings. The van der Waals surface area contributed by atoms with Crippen molar-refractivity contribution < 1.29 is 9.53 Å². The van der Waals surface area contributed by atoms with Crippen LogP contribution in [0.15, 0.2) is 72.6 Å². The molecule has 1 unspecified atom stereocenters. The number of piperazine rings is 1. The van der Waals surface area contributed by atoms with Crippen molar-refractivity contribution in [2.45, 2.75) is 31.8 Å². The molecular formula is C34H43N9O2. The number of hydrogen-bond donors (Lipinski definition) is 3. The first-order valence-electron chi connectivity index (χ1n) is 15.1. The molecule has 2 saturated heterocycles. The van der Waals surface area contributed by atoms with E-state index in [-0.39, 0.29) is 16.8 Å². The number of nitriles is 1. The monoisotopic (exact) mass is 609 g/mol. The number of hydrogen-bond acceptors (Lipinski definition) is 11. The zero-order chi connectivity index (χ0) is 32.4. The molecule has 1 aromatic heterocycles. The summed E-state index contributed by atoms with van der Waals surface area (Å²) < 4.78 is 5.82. The number of nitrogen functional groups attached to an aromatic ring is 1. The number of carbonyl (C=O) groups excluding carboxylic acids is 1. The molecule has 2 aliphatic heterocycles. The van der Waals surface area contributed by atoms with Crippen LogP contribution in [0.25, 0.3) is 0 Å². The molecule has 45 heavy (non-hydrogen) atoms. The van der Waals surface area contributed by atoms with Gasteiger partial charge in [0.25, 0.3) is 0 Å². The van der Waals surface area contributed by atoms with E-state index in [0.717, 1.165) is 57.0 Å². The molecule has 0 aliphatic carbocycles. The summed E-state index contributed by atoms with van der Waals surface area (Å²) in [6.07, 6.45) is 4.96. The van der Waals surface area contributed by atoms with Gasteiger partial charge in [0.05, 0.1) is 16.8 Å². The predicted octanol–water partition coefficient (Wildman–Crippen LogP) is 4.04. The summed E-state index contributed by atoms with van der Waals surface area (Å²) >= 11 is 0. The lowest BCUT2D eigenvalue weighted by Crippen LogP contribution is -2.53. The number of aldehydes is 1. The minimum Gasteiger partial charge on any atom is -0.457 e. The average molecular weight is 610 g/mol. The Bertz CT molecular complexity index is 1510. The first-order valence-corrected chi connectivity index (χ1v) is 15.1. The fraction of sp³-hybridized carbons (Fsp3) is 0.382. The molecule has 2 aliphatic rings. The highest BCUT2D eigenvalue weighted by Crippen LogP contribution is 2.26. The first-order chi connectivity index (χ1) is 21.6. The number of benzene rings is 2. The Balaban J connectivity index is 0.000000245. The van der Waals surface area contributed by atoms with E-state index in [2.05, 4.69) is 44.1 Å². The van der Waals surface area contributed by atoms with Gasteiger partial charge in [-0.25, -0.2) is 9.97 Å². The average Bonchev–Trinajstić information content (AvgIpc) is 3.04. The number of para-hydroxylation sites is 1. The third-order valence-electron chi connectivity index (χ3n) is 8.28. The summed E-state index contributed by atoms with van der Waals surface area (Å²) in [5.41, 5.74) is 7.60. The van der Waals surface area contributed by atoms with E-state index in [1.165, 1.54) is 6.33 Å². The Hall–Kier alpha value is -4.63. The molecular weight excluding hydrogens is 566 g/mol. The van der Waals surface area contributed by atoms with Crippen LogP contribution in [-0.2, 0) is 4.79 Å². The third kappa shape index (κ3) is 8.95. The molecule has 0 saturated carbocycles. The number of likely N-dealkylation sites (tertiary alicyclic amines) is 1. The molecule has 11 nitrogen and oxygen atoms in total. The van der Waals surface area contributed by atoms with Crippen molar-refractivity contribution in [1.29, 1.82) is 10.7 Å². The number of likely N-dealkylation sites (N-methyl/N-ethyl adjacent to an activating group) is 2. The standard InChI is InChI=1S/C22H24N6O.C12H19N3O/c1-28-12-11-16(28)13-25-22-19(21(24)26-14-27-22)20(23)15-7-9-18(10-8-15)29-17-5-3-2-4-6-17;1-12(2,8-11(9-13)10-16)15-6-4-14(3)5-7-15/h2-10,14,16,23H,11-13H2,1H3,(H3,24,25,26,27);8,10H,4-7H2,1-3H3/b;11-8+. The number of nitrogens with two attached hydrogens (primary N) is 1. The van der Waals surface area contributed by atoms with Crippen LogP contribution in [0.1, 0.15) is 31.4 Å². The van der Waals surface area contributed by atoms with Gasteiger partial charge in [-0.05, 0) is 83.4 Å². The Labute approximate surface area is 265 Å². The summed E-state index contributed by atoms with van der Waals surface area (Å²) in [6.45, 7) is 9.95. The second kappa shape index (κ2) is 15.4. The number of rotatable bonds is 10. The maximum absolute atomic E-state index is 10.6. The molecule has 236 valence electrons. The molecule has 11 heteroatoms. The van der Waals surface area contributed by atoms with Crippen molar-refractivity contribution in [3.05, 3.63) is 83.7 Å². The number of allylic oxidation sites excluding steroid dienone is 1. The van der Waals surface area contributed by atoms with E-state index >= 15 is 0 Å². The highest BCUT2D eigenvalue weighted by Gasteiger charge is 2.28. The van der Waals surface area contributed by atoms with Gasteiger partial charge < -0.3 is 25.6 Å². The van der Waals surface area contributed by atoms with Crippen molar-refractivity contribution in [2.75, 3.05) is 64.4 Å². The smallest absolute Gasteiger partial charge is 0.160 e. The SMILES string of the molecule is CN1CCC1CNc1ncnc(N)c1C(=N)c1ccc(Oc2ccccc2)cc1.CN1CCN(C(C)(C)/C=C(\C#N)C=O)CC1. The van der Waals surface area contributed by atoms with Crippen molar-refractivity contribution in [2.24, 2.45) is 0 Å². The van der Waals surface area contributed by atoms with Gasteiger partial charge in [0.2, 0.25) is 0 Å². The van der Waals surface area contributed by atoms with Crippen LogP contribution >= 0.6 is 0 Å². The normalized spacial score (nSPS) is 17.7. The second-order valence-corrected chi connectivity index (χ2v) is 11.9. The Morgan fingerprint density at radius 2 is 1.73 bits per heavy atom. The van der Waals surface area contributed by atoms with E-state index in [9.17, 15) is 4.79 Å². The highest BCUT2D eigenvalue weighted by atomic mass is 16.5. The molecule has 5 rings (SSSR count). The summed E-state index contributed by atoms with van der Waals surface area (Å²) in [6, 6.07) is 19.3. The molecule has 2 fully saturated rings. The maximum atomic E-state index is 10.6.